The highest BCUT2D eigenvalue weighted by Gasteiger charge is 2.50. The Morgan fingerprint density at radius 3 is 2.26 bits per heavy atom. The lowest BCUT2D eigenvalue weighted by molar-refractivity contribution is -0.142. The molecule has 0 spiro atoms. The topological polar surface area (TPSA) is 59.3 Å². The molecular weight excluding hydrogens is 465 g/mol. The minimum absolute atomic E-state index is 0.0280. The van der Waals surface area contributed by atoms with Gasteiger partial charge in [-0.05, 0) is 79.9 Å². The maximum Gasteiger partial charge on any atom is 0.433 e. The lowest BCUT2D eigenvalue weighted by Crippen LogP contribution is -2.51. The van der Waals surface area contributed by atoms with Crippen LogP contribution in [0.3, 0.4) is 0 Å². The number of carbonyl (C=O) groups excluding carboxylic acids is 1. The third-order valence-electron chi connectivity index (χ3n) is 7.88. The molecule has 178 valence electrons. The Bertz CT molecular complexity index is 1230. The molecular formula is C25H24ClF3N4O. The molecule has 4 saturated carbocycles. The zero-order valence-electron chi connectivity index (χ0n) is 18.4. The van der Waals surface area contributed by atoms with Crippen LogP contribution in [-0.2, 0) is 6.18 Å². The van der Waals surface area contributed by atoms with Crippen molar-refractivity contribution in [3.05, 3.63) is 52.8 Å². The third kappa shape index (κ3) is 3.85. The normalized spacial score (nSPS) is 27.9. The van der Waals surface area contributed by atoms with Crippen LogP contribution in [0.4, 0.5) is 13.2 Å². The highest BCUT2D eigenvalue weighted by atomic mass is 35.5. The summed E-state index contributed by atoms with van der Waals surface area (Å²) in [7, 11) is 0. The van der Waals surface area contributed by atoms with Crippen LogP contribution in [-0.4, -0.2) is 27.0 Å². The van der Waals surface area contributed by atoms with Gasteiger partial charge in [0.1, 0.15) is 0 Å². The molecule has 4 aliphatic carbocycles. The van der Waals surface area contributed by atoms with Crippen LogP contribution in [0.15, 0.2) is 36.4 Å². The molecule has 0 atom stereocenters. The van der Waals surface area contributed by atoms with Crippen molar-refractivity contribution in [2.24, 2.45) is 23.2 Å². The molecule has 2 heterocycles. The molecule has 9 heteroatoms. The van der Waals surface area contributed by atoms with Crippen LogP contribution in [0.25, 0.3) is 16.9 Å². The highest BCUT2D eigenvalue weighted by molar-refractivity contribution is 6.30. The van der Waals surface area contributed by atoms with Crippen molar-refractivity contribution in [1.29, 1.82) is 0 Å². The number of benzene rings is 1. The van der Waals surface area contributed by atoms with Gasteiger partial charge in [0, 0.05) is 23.2 Å². The van der Waals surface area contributed by atoms with Gasteiger partial charge in [0.05, 0.1) is 5.69 Å². The zero-order chi connectivity index (χ0) is 23.7. The number of carbonyl (C=O) groups is 1. The van der Waals surface area contributed by atoms with E-state index in [0.717, 1.165) is 43.1 Å². The van der Waals surface area contributed by atoms with Crippen LogP contribution in [0.2, 0.25) is 5.02 Å². The first-order chi connectivity index (χ1) is 16.2. The fraction of sp³-hybridized carbons (Fsp3) is 0.480. The zero-order valence-corrected chi connectivity index (χ0v) is 19.2. The summed E-state index contributed by atoms with van der Waals surface area (Å²) in [6.45, 7) is 0.554. The summed E-state index contributed by atoms with van der Waals surface area (Å²) in [6, 6.07) is 8.67. The molecule has 2 aromatic heterocycles. The van der Waals surface area contributed by atoms with E-state index in [1.165, 1.54) is 25.3 Å². The second kappa shape index (κ2) is 7.70. The summed E-state index contributed by atoms with van der Waals surface area (Å²) in [4.78, 5) is 17.3. The summed E-state index contributed by atoms with van der Waals surface area (Å²) in [5.74, 6) is 1.80. The summed E-state index contributed by atoms with van der Waals surface area (Å²) >= 11 is 5.91. The van der Waals surface area contributed by atoms with Crippen molar-refractivity contribution in [2.45, 2.75) is 44.7 Å². The van der Waals surface area contributed by atoms with E-state index in [1.807, 2.05) is 0 Å². The largest absolute Gasteiger partial charge is 0.433 e. The van der Waals surface area contributed by atoms with Gasteiger partial charge in [-0.1, -0.05) is 23.7 Å². The van der Waals surface area contributed by atoms with E-state index in [4.69, 9.17) is 11.6 Å². The summed E-state index contributed by atoms with van der Waals surface area (Å²) in [5.41, 5.74) is -0.317. The van der Waals surface area contributed by atoms with Gasteiger partial charge in [-0.2, -0.15) is 18.3 Å². The van der Waals surface area contributed by atoms with Gasteiger partial charge in [-0.25, -0.2) is 9.50 Å². The summed E-state index contributed by atoms with van der Waals surface area (Å²) in [6.07, 6.45) is 2.66. The number of nitrogens with zero attached hydrogens (tertiary/aromatic N) is 3. The predicted octanol–water partition coefficient (Wildman–Crippen LogP) is 6.01. The number of hydrogen-bond acceptors (Lipinski definition) is 3. The monoisotopic (exact) mass is 488 g/mol. The van der Waals surface area contributed by atoms with Crippen LogP contribution < -0.4 is 5.32 Å². The van der Waals surface area contributed by atoms with Gasteiger partial charge in [-0.3, -0.25) is 4.79 Å². The van der Waals surface area contributed by atoms with Crippen molar-refractivity contribution in [1.82, 2.24) is 19.9 Å². The van der Waals surface area contributed by atoms with Gasteiger partial charge in [0.15, 0.2) is 17.0 Å². The lowest BCUT2D eigenvalue weighted by atomic mass is 9.49. The number of fused-ring (bicyclic) bond motifs is 1. The molecule has 0 unspecified atom stereocenters. The van der Waals surface area contributed by atoms with Gasteiger partial charge < -0.3 is 5.32 Å². The molecule has 0 radical (unpaired) electrons. The van der Waals surface area contributed by atoms with E-state index in [-0.39, 0.29) is 22.5 Å². The van der Waals surface area contributed by atoms with Gasteiger partial charge >= 0.3 is 6.18 Å². The molecule has 1 aromatic carbocycles. The third-order valence-corrected chi connectivity index (χ3v) is 8.13. The molecule has 4 aliphatic rings. The first-order valence-electron chi connectivity index (χ1n) is 11.7. The highest BCUT2D eigenvalue weighted by Crippen LogP contribution is 2.59. The first-order valence-corrected chi connectivity index (χ1v) is 12.1. The molecule has 0 aliphatic heterocycles. The molecule has 7 rings (SSSR count). The van der Waals surface area contributed by atoms with Crippen LogP contribution in [0, 0.1) is 23.2 Å². The van der Waals surface area contributed by atoms with E-state index in [0.29, 0.717) is 21.6 Å². The molecule has 1 amide bonds. The van der Waals surface area contributed by atoms with E-state index in [1.54, 1.807) is 24.3 Å². The minimum Gasteiger partial charge on any atom is -0.350 e. The fourth-order valence-electron chi connectivity index (χ4n) is 6.92. The molecule has 0 saturated heterocycles. The van der Waals surface area contributed by atoms with Gasteiger partial charge in [0.25, 0.3) is 5.91 Å². The maximum absolute atomic E-state index is 13.8. The Balaban J connectivity index is 1.29. The van der Waals surface area contributed by atoms with E-state index < -0.39 is 17.8 Å². The minimum atomic E-state index is -4.67. The fourth-order valence-corrected chi connectivity index (χ4v) is 7.05. The molecule has 4 fully saturated rings. The Morgan fingerprint density at radius 1 is 1.06 bits per heavy atom. The van der Waals surface area contributed by atoms with Crippen LogP contribution >= 0.6 is 11.6 Å². The molecule has 4 bridgehead atoms. The number of nitrogens with one attached hydrogen (secondary N) is 1. The molecule has 5 nitrogen and oxygen atoms in total. The number of halogens is 4. The average molecular weight is 489 g/mol. The van der Waals surface area contributed by atoms with Crippen molar-refractivity contribution in [3.8, 4) is 11.3 Å². The van der Waals surface area contributed by atoms with Crippen molar-refractivity contribution < 1.29 is 18.0 Å². The number of amides is 1. The number of aromatic nitrogens is 3. The standard InChI is InChI=1S/C25H24ClF3N4O/c26-18-3-1-17(2-4-18)19-8-21(25(27,28)29)33-22(31-19)9-20(32-33)23(34)30-13-24-10-14-5-15(11-24)7-16(6-14)12-24/h1-4,8-9,14-16H,5-7,10-13H2,(H,30,34). The van der Waals surface area contributed by atoms with Crippen molar-refractivity contribution in [2.75, 3.05) is 6.54 Å². The number of alkyl halides is 3. The van der Waals surface area contributed by atoms with E-state index in [2.05, 4.69) is 15.4 Å². The molecule has 3 aromatic rings. The molecule has 34 heavy (non-hydrogen) atoms. The van der Waals surface area contributed by atoms with E-state index >= 15 is 0 Å². The quantitative estimate of drug-likeness (QED) is 0.489. The van der Waals surface area contributed by atoms with Crippen molar-refractivity contribution >= 4 is 23.2 Å². The Labute approximate surface area is 199 Å². The van der Waals surface area contributed by atoms with Gasteiger partial charge in [0.2, 0.25) is 0 Å². The summed E-state index contributed by atoms with van der Waals surface area (Å²) < 4.78 is 42.3. The van der Waals surface area contributed by atoms with Crippen molar-refractivity contribution in [3.63, 3.8) is 0 Å². The van der Waals surface area contributed by atoms with Gasteiger partial charge in [-0.15, -0.1) is 0 Å². The maximum atomic E-state index is 13.8. The smallest absolute Gasteiger partial charge is 0.350 e. The Kier molecular flexibility index (Phi) is 4.96. The summed E-state index contributed by atoms with van der Waals surface area (Å²) in [5, 5.41) is 7.46. The SMILES string of the molecule is O=C(NCC12CC3CC(CC(C3)C1)C2)c1cc2nc(-c3ccc(Cl)cc3)cc(C(F)(F)F)n2n1. The Hall–Kier alpha value is -2.61. The average Bonchev–Trinajstić information content (AvgIpc) is 3.20. The number of hydrogen-bond donors (Lipinski definition) is 1. The van der Waals surface area contributed by atoms with E-state index in [9.17, 15) is 18.0 Å². The number of rotatable bonds is 4. The van der Waals surface area contributed by atoms with Crippen LogP contribution in [0.5, 0.6) is 0 Å². The lowest BCUT2D eigenvalue weighted by Gasteiger charge is -2.56. The Morgan fingerprint density at radius 2 is 1.68 bits per heavy atom. The second-order valence-electron chi connectivity index (χ2n) is 10.4. The molecule has 1 N–H and O–H groups in total. The second-order valence-corrected chi connectivity index (χ2v) is 10.9. The van der Waals surface area contributed by atoms with Crippen LogP contribution in [0.1, 0.15) is 54.7 Å². The first kappa shape index (κ1) is 21.9. The predicted molar refractivity (Wildman–Crippen MR) is 121 cm³/mol.